The fourth-order valence-electron chi connectivity index (χ4n) is 2.88. The van der Waals surface area contributed by atoms with Gasteiger partial charge in [0.25, 0.3) is 0 Å². The lowest BCUT2D eigenvalue weighted by Crippen LogP contribution is -2.37. The minimum absolute atomic E-state index is 0.626. The van der Waals surface area contributed by atoms with Crippen molar-refractivity contribution >= 4 is 0 Å². The molecule has 1 aliphatic rings. The van der Waals surface area contributed by atoms with E-state index in [1.54, 1.807) is 0 Å². The number of nitrogens with one attached hydrogen (secondary N) is 1. The summed E-state index contributed by atoms with van der Waals surface area (Å²) in [6.07, 6.45) is 2.57. The van der Waals surface area contributed by atoms with Crippen LogP contribution in [0.4, 0.5) is 0 Å². The van der Waals surface area contributed by atoms with Crippen molar-refractivity contribution in [1.82, 2.24) is 15.4 Å². The summed E-state index contributed by atoms with van der Waals surface area (Å²) in [6, 6.07) is 12.9. The monoisotopic (exact) mass is 285 g/mol. The topological polar surface area (TPSA) is 41.3 Å². The molecule has 2 heterocycles. The molecule has 0 radical (unpaired) electrons. The molecule has 1 atom stereocenters. The Kier molecular flexibility index (Phi) is 4.68. The predicted octanol–water partition coefficient (Wildman–Crippen LogP) is 2.92. The summed E-state index contributed by atoms with van der Waals surface area (Å²) in [4.78, 5) is 2.41. The van der Waals surface area contributed by atoms with Crippen LogP contribution in [0.1, 0.15) is 25.5 Å². The molecule has 2 aromatic rings. The Bertz CT molecular complexity index is 546. The van der Waals surface area contributed by atoms with Gasteiger partial charge in [0.1, 0.15) is 5.69 Å². The summed E-state index contributed by atoms with van der Waals surface area (Å²) >= 11 is 0. The third-order valence-corrected chi connectivity index (χ3v) is 4.10. The molecular formula is C17H23N3O. The van der Waals surface area contributed by atoms with Gasteiger partial charge in [-0.3, -0.25) is 4.90 Å². The quantitative estimate of drug-likeness (QED) is 0.886. The van der Waals surface area contributed by atoms with E-state index in [0.717, 1.165) is 43.2 Å². The Hall–Kier alpha value is -1.65. The Morgan fingerprint density at radius 1 is 1.33 bits per heavy atom. The van der Waals surface area contributed by atoms with Crippen LogP contribution in [0.5, 0.6) is 0 Å². The molecule has 0 bridgehead atoms. The first-order valence-electron chi connectivity index (χ1n) is 7.82. The minimum Gasteiger partial charge on any atom is -0.359 e. The van der Waals surface area contributed by atoms with Gasteiger partial charge >= 0.3 is 0 Å². The van der Waals surface area contributed by atoms with Crippen LogP contribution in [0.25, 0.3) is 11.3 Å². The van der Waals surface area contributed by atoms with E-state index in [1.807, 2.05) is 18.2 Å². The van der Waals surface area contributed by atoms with Gasteiger partial charge in [0.2, 0.25) is 0 Å². The average molecular weight is 285 g/mol. The van der Waals surface area contributed by atoms with Crippen molar-refractivity contribution in [1.29, 1.82) is 0 Å². The first-order valence-corrected chi connectivity index (χ1v) is 7.82. The molecule has 1 N–H and O–H groups in total. The maximum atomic E-state index is 5.50. The lowest BCUT2D eigenvalue weighted by atomic mass is 10.1. The lowest BCUT2D eigenvalue weighted by molar-refractivity contribution is 0.223. The Balaban J connectivity index is 1.62. The predicted molar refractivity (Wildman–Crippen MR) is 83.9 cm³/mol. The molecule has 21 heavy (non-hydrogen) atoms. The van der Waals surface area contributed by atoms with E-state index in [1.165, 1.54) is 12.8 Å². The van der Waals surface area contributed by atoms with E-state index in [0.29, 0.717) is 6.04 Å². The van der Waals surface area contributed by atoms with Crippen LogP contribution >= 0.6 is 0 Å². The second-order valence-corrected chi connectivity index (χ2v) is 5.67. The van der Waals surface area contributed by atoms with Crippen molar-refractivity contribution in [3.8, 4) is 11.3 Å². The summed E-state index contributed by atoms with van der Waals surface area (Å²) in [7, 11) is 0. The van der Waals surface area contributed by atoms with Crippen LogP contribution < -0.4 is 5.32 Å². The SMILES string of the molecule is CCN(Cc1cc(-c2ccccc2)no1)CC1CCCN1. The van der Waals surface area contributed by atoms with Crippen molar-refractivity contribution in [3.63, 3.8) is 0 Å². The highest BCUT2D eigenvalue weighted by Crippen LogP contribution is 2.19. The zero-order valence-corrected chi connectivity index (χ0v) is 12.6. The molecule has 0 saturated carbocycles. The van der Waals surface area contributed by atoms with E-state index in [4.69, 9.17) is 4.52 Å². The number of aromatic nitrogens is 1. The fourth-order valence-corrected chi connectivity index (χ4v) is 2.88. The molecule has 1 aromatic heterocycles. The van der Waals surface area contributed by atoms with E-state index in [-0.39, 0.29) is 0 Å². The lowest BCUT2D eigenvalue weighted by Gasteiger charge is -2.22. The molecule has 1 fully saturated rings. The minimum atomic E-state index is 0.626. The molecular weight excluding hydrogens is 262 g/mol. The summed E-state index contributed by atoms with van der Waals surface area (Å²) in [5.74, 6) is 0.939. The van der Waals surface area contributed by atoms with Crippen molar-refractivity contribution < 1.29 is 4.52 Å². The average Bonchev–Trinajstić information content (AvgIpc) is 3.19. The van der Waals surface area contributed by atoms with Crippen molar-refractivity contribution in [2.45, 2.75) is 32.4 Å². The van der Waals surface area contributed by atoms with Gasteiger partial charge in [-0.2, -0.15) is 0 Å². The molecule has 4 nitrogen and oxygen atoms in total. The number of benzene rings is 1. The second kappa shape index (κ2) is 6.87. The third kappa shape index (κ3) is 3.71. The van der Waals surface area contributed by atoms with Gasteiger partial charge in [-0.25, -0.2) is 0 Å². The van der Waals surface area contributed by atoms with Crippen molar-refractivity contribution in [2.24, 2.45) is 0 Å². The summed E-state index contributed by atoms with van der Waals surface area (Å²) in [5.41, 5.74) is 2.02. The van der Waals surface area contributed by atoms with Crippen LogP contribution in [-0.2, 0) is 6.54 Å². The standard InChI is InChI=1S/C17H23N3O/c1-2-20(12-15-9-6-10-18-15)13-16-11-17(19-21-16)14-7-4-3-5-8-14/h3-5,7-8,11,15,18H,2,6,9-10,12-13H2,1H3. The molecule has 3 rings (SSSR count). The molecule has 1 unspecified atom stereocenters. The number of hydrogen-bond donors (Lipinski definition) is 1. The maximum absolute atomic E-state index is 5.50. The second-order valence-electron chi connectivity index (χ2n) is 5.67. The maximum Gasteiger partial charge on any atom is 0.151 e. The van der Waals surface area contributed by atoms with Crippen LogP contribution in [-0.4, -0.2) is 35.7 Å². The Labute approximate surface area is 126 Å². The molecule has 1 saturated heterocycles. The molecule has 4 heteroatoms. The number of likely N-dealkylation sites (N-methyl/N-ethyl adjacent to an activating group) is 1. The fraction of sp³-hybridized carbons (Fsp3) is 0.471. The summed E-state index contributed by atoms with van der Waals surface area (Å²) in [6.45, 7) is 6.29. The van der Waals surface area contributed by atoms with Crippen molar-refractivity contribution in [2.75, 3.05) is 19.6 Å². The molecule has 1 aliphatic heterocycles. The number of rotatable bonds is 6. The first-order chi connectivity index (χ1) is 10.3. The van der Waals surface area contributed by atoms with E-state index in [2.05, 4.69) is 40.5 Å². The highest BCUT2D eigenvalue weighted by Gasteiger charge is 2.18. The van der Waals surface area contributed by atoms with Gasteiger partial charge < -0.3 is 9.84 Å². The normalized spacial score (nSPS) is 18.5. The summed E-state index contributed by atoms with van der Waals surface area (Å²) in [5, 5.41) is 7.74. The van der Waals surface area contributed by atoms with E-state index in [9.17, 15) is 0 Å². The van der Waals surface area contributed by atoms with E-state index < -0.39 is 0 Å². The van der Waals surface area contributed by atoms with Gasteiger partial charge in [-0.15, -0.1) is 0 Å². The molecule has 1 aromatic carbocycles. The molecule has 0 amide bonds. The molecule has 0 spiro atoms. The molecule has 112 valence electrons. The smallest absolute Gasteiger partial charge is 0.151 e. The number of hydrogen-bond acceptors (Lipinski definition) is 4. The highest BCUT2D eigenvalue weighted by molar-refractivity contribution is 5.58. The zero-order chi connectivity index (χ0) is 14.5. The molecule has 0 aliphatic carbocycles. The van der Waals surface area contributed by atoms with Crippen LogP contribution in [0.2, 0.25) is 0 Å². The van der Waals surface area contributed by atoms with Gasteiger partial charge in [0, 0.05) is 24.2 Å². The van der Waals surface area contributed by atoms with Crippen LogP contribution in [0, 0.1) is 0 Å². The van der Waals surface area contributed by atoms with E-state index >= 15 is 0 Å². The van der Waals surface area contributed by atoms with Gasteiger partial charge in [-0.05, 0) is 25.9 Å². The summed E-state index contributed by atoms with van der Waals surface area (Å²) < 4.78 is 5.50. The first kappa shape index (κ1) is 14.3. The van der Waals surface area contributed by atoms with Gasteiger partial charge in [-0.1, -0.05) is 42.4 Å². The van der Waals surface area contributed by atoms with Crippen molar-refractivity contribution in [3.05, 3.63) is 42.2 Å². The van der Waals surface area contributed by atoms with Crippen LogP contribution in [0.15, 0.2) is 40.9 Å². The number of nitrogens with zero attached hydrogens (tertiary/aromatic N) is 2. The van der Waals surface area contributed by atoms with Crippen LogP contribution in [0.3, 0.4) is 0 Å². The Morgan fingerprint density at radius 3 is 2.90 bits per heavy atom. The van der Waals surface area contributed by atoms with Gasteiger partial charge in [0.15, 0.2) is 5.76 Å². The Morgan fingerprint density at radius 2 is 2.19 bits per heavy atom. The highest BCUT2D eigenvalue weighted by atomic mass is 16.5. The van der Waals surface area contributed by atoms with Gasteiger partial charge in [0.05, 0.1) is 6.54 Å². The largest absolute Gasteiger partial charge is 0.359 e. The third-order valence-electron chi connectivity index (χ3n) is 4.10. The zero-order valence-electron chi connectivity index (χ0n) is 12.6.